The molecule has 3 aromatic rings. The summed E-state index contributed by atoms with van der Waals surface area (Å²) in [5.74, 6) is -0.312. The predicted molar refractivity (Wildman–Crippen MR) is 109 cm³/mol. The summed E-state index contributed by atoms with van der Waals surface area (Å²) in [6.45, 7) is 1.59. The summed E-state index contributed by atoms with van der Waals surface area (Å²) < 4.78 is 18.8. The first-order valence-electron chi connectivity index (χ1n) is 9.03. The van der Waals surface area contributed by atoms with E-state index in [9.17, 15) is 14.0 Å². The van der Waals surface area contributed by atoms with Gasteiger partial charge in [0, 0.05) is 24.4 Å². The molecule has 1 N–H and O–H groups in total. The molecule has 0 saturated carbocycles. The Labute approximate surface area is 171 Å². The molecule has 1 atom stereocenters. The number of para-hydroxylation sites is 2. The van der Waals surface area contributed by atoms with Gasteiger partial charge in [-0.3, -0.25) is 14.9 Å². The first-order valence-corrected chi connectivity index (χ1v) is 9.85. The highest BCUT2D eigenvalue weighted by Crippen LogP contribution is 2.33. The van der Waals surface area contributed by atoms with E-state index < -0.39 is 6.10 Å². The van der Waals surface area contributed by atoms with Crippen molar-refractivity contribution in [2.75, 3.05) is 16.8 Å². The van der Waals surface area contributed by atoms with Crippen molar-refractivity contribution < 1.29 is 18.7 Å². The zero-order valence-corrected chi connectivity index (χ0v) is 16.4. The number of hydrogen-bond donors (Lipinski definition) is 1. The molecule has 1 aliphatic rings. The minimum absolute atomic E-state index is 0.131. The number of carbonyl (C=O) groups excluding carboxylic acids is 2. The highest BCUT2D eigenvalue weighted by atomic mass is 32.1. The minimum atomic E-state index is -0.835. The smallest absolute Gasteiger partial charge is 0.269 e. The van der Waals surface area contributed by atoms with Gasteiger partial charge in [-0.05, 0) is 29.8 Å². The van der Waals surface area contributed by atoms with Crippen LogP contribution in [0.25, 0.3) is 0 Å². The first-order chi connectivity index (χ1) is 14.0. The van der Waals surface area contributed by atoms with Crippen molar-refractivity contribution in [2.45, 2.75) is 19.4 Å². The minimum Gasteiger partial charge on any atom is -0.476 e. The number of anilines is 2. The van der Waals surface area contributed by atoms with Crippen molar-refractivity contribution in [3.63, 3.8) is 0 Å². The number of thiazole rings is 1. The van der Waals surface area contributed by atoms with Crippen molar-refractivity contribution in [3.05, 3.63) is 71.0 Å². The fourth-order valence-corrected chi connectivity index (χ4v) is 3.96. The maximum absolute atomic E-state index is 13.0. The van der Waals surface area contributed by atoms with Crippen molar-refractivity contribution in [1.29, 1.82) is 0 Å². The molecular formula is C21H18FN3O3S. The van der Waals surface area contributed by atoms with Crippen LogP contribution in [0, 0.1) is 5.82 Å². The average molecular weight is 411 g/mol. The first kappa shape index (κ1) is 19.1. The number of hydrogen-bond acceptors (Lipinski definition) is 5. The zero-order chi connectivity index (χ0) is 20.4. The second kappa shape index (κ2) is 8.00. The van der Waals surface area contributed by atoms with E-state index >= 15 is 0 Å². The van der Waals surface area contributed by atoms with E-state index in [1.165, 1.54) is 35.3 Å². The quantitative estimate of drug-likeness (QED) is 0.712. The Hall–Kier alpha value is -3.26. The van der Waals surface area contributed by atoms with Gasteiger partial charge < -0.3 is 9.64 Å². The molecule has 0 bridgehead atoms. The molecule has 1 aliphatic heterocycles. The lowest BCUT2D eigenvalue weighted by Gasteiger charge is -2.33. The van der Waals surface area contributed by atoms with E-state index in [-0.39, 0.29) is 24.2 Å². The standard InChI is InChI=1S/C21H18FN3O3S/c1-13(26)25-12-19(28-18-5-3-2-4-17(18)25)20(27)24-21-23-11-16(29-21)10-14-6-8-15(22)9-7-14/h2-9,11,19H,10,12H2,1H3,(H,23,24,27)/t19-/m1/s1. The number of benzene rings is 2. The van der Waals surface area contributed by atoms with E-state index in [0.717, 1.165) is 10.4 Å². The van der Waals surface area contributed by atoms with Crippen LogP contribution in [0.15, 0.2) is 54.7 Å². The van der Waals surface area contributed by atoms with Crippen LogP contribution in [-0.2, 0) is 16.0 Å². The third-order valence-electron chi connectivity index (χ3n) is 4.52. The maximum Gasteiger partial charge on any atom is 0.269 e. The molecular weight excluding hydrogens is 393 g/mol. The number of carbonyl (C=O) groups is 2. The Kier molecular flexibility index (Phi) is 5.26. The third kappa shape index (κ3) is 4.27. The number of halogens is 1. The molecule has 0 spiro atoms. The van der Waals surface area contributed by atoms with Gasteiger partial charge in [0.25, 0.3) is 5.91 Å². The number of rotatable bonds is 4. The molecule has 0 fully saturated rings. The maximum atomic E-state index is 13.0. The van der Waals surface area contributed by atoms with Crippen molar-refractivity contribution >= 4 is 34.0 Å². The number of aromatic nitrogens is 1. The van der Waals surface area contributed by atoms with Crippen LogP contribution in [0.3, 0.4) is 0 Å². The van der Waals surface area contributed by atoms with E-state index in [1.807, 2.05) is 6.07 Å². The Balaban J connectivity index is 1.44. The Morgan fingerprint density at radius 2 is 2.00 bits per heavy atom. The second-order valence-corrected chi connectivity index (χ2v) is 7.74. The molecule has 4 rings (SSSR count). The molecule has 1 aromatic heterocycles. The SMILES string of the molecule is CC(=O)N1C[C@H](C(=O)Nc2ncc(Cc3ccc(F)cc3)s2)Oc2ccccc21. The number of nitrogens with one attached hydrogen (secondary N) is 1. The molecule has 148 valence electrons. The highest BCUT2D eigenvalue weighted by molar-refractivity contribution is 7.15. The summed E-state index contributed by atoms with van der Waals surface area (Å²) in [4.78, 5) is 31.4. The topological polar surface area (TPSA) is 71.5 Å². The van der Waals surface area contributed by atoms with E-state index in [1.54, 1.807) is 36.5 Å². The van der Waals surface area contributed by atoms with Gasteiger partial charge in [0.15, 0.2) is 11.2 Å². The van der Waals surface area contributed by atoms with Crippen LogP contribution in [0.2, 0.25) is 0 Å². The molecule has 2 heterocycles. The Bertz CT molecular complexity index is 1050. The molecule has 6 nitrogen and oxygen atoms in total. The molecule has 2 amide bonds. The van der Waals surface area contributed by atoms with Gasteiger partial charge in [-0.15, -0.1) is 11.3 Å². The molecule has 0 unspecified atom stereocenters. The van der Waals surface area contributed by atoms with Crippen LogP contribution in [0.5, 0.6) is 5.75 Å². The van der Waals surface area contributed by atoms with Gasteiger partial charge in [-0.1, -0.05) is 24.3 Å². The largest absolute Gasteiger partial charge is 0.476 e. The normalized spacial score (nSPS) is 15.4. The van der Waals surface area contributed by atoms with Gasteiger partial charge in [-0.25, -0.2) is 9.37 Å². The fraction of sp³-hybridized carbons (Fsp3) is 0.190. The third-order valence-corrected chi connectivity index (χ3v) is 5.43. The van der Waals surface area contributed by atoms with Gasteiger partial charge >= 0.3 is 0 Å². The lowest BCUT2D eigenvalue weighted by atomic mass is 10.1. The van der Waals surface area contributed by atoms with Gasteiger partial charge in [0.2, 0.25) is 5.91 Å². The number of fused-ring (bicyclic) bond motifs is 1. The number of amides is 2. The Morgan fingerprint density at radius 1 is 1.24 bits per heavy atom. The summed E-state index contributed by atoms with van der Waals surface area (Å²) >= 11 is 1.34. The molecule has 0 aliphatic carbocycles. The average Bonchev–Trinajstić information content (AvgIpc) is 3.15. The van der Waals surface area contributed by atoms with E-state index in [4.69, 9.17) is 4.74 Å². The second-order valence-electron chi connectivity index (χ2n) is 6.63. The summed E-state index contributed by atoms with van der Waals surface area (Å²) in [7, 11) is 0. The lowest BCUT2D eigenvalue weighted by molar-refractivity contribution is -0.123. The molecule has 0 saturated heterocycles. The van der Waals surface area contributed by atoms with Crippen molar-refractivity contribution in [2.24, 2.45) is 0 Å². The van der Waals surface area contributed by atoms with Gasteiger partial charge in [0.1, 0.15) is 11.6 Å². The predicted octanol–water partition coefficient (Wildman–Crippen LogP) is 3.63. The Morgan fingerprint density at radius 3 is 2.76 bits per heavy atom. The van der Waals surface area contributed by atoms with E-state index in [2.05, 4.69) is 10.3 Å². The summed E-state index contributed by atoms with van der Waals surface area (Å²) in [6.07, 6.45) is 1.44. The highest BCUT2D eigenvalue weighted by Gasteiger charge is 2.32. The van der Waals surface area contributed by atoms with Crippen molar-refractivity contribution in [3.8, 4) is 5.75 Å². The van der Waals surface area contributed by atoms with Crippen LogP contribution < -0.4 is 15.0 Å². The molecule has 8 heteroatoms. The summed E-state index contributed by atoms with van der Waals surface area (Å²) in [5.41, 5.74) is 1.61. The van der Waals surface area contributed by atoms with Gasteiger partial charge in [-0.2, -0.15) is 0 Å². The molecule has 29 heavy (non-hydrogen) atoms. The molecule has 2 aromatic carbocycles. The van der Waals surface area contributed by atoms with Crippen LogP contribution >= 0.6 is 11.3 Å². The van der Waals surface area contributed by atoms with Crippen LogP contribution in [-0.4, -0.2) is 29.4 Å². The van der Waals surface area contributed by atoms with Crippen LogP contribution in [0.4, 0.5) is 15.2 Å². The van der Waals surface area contributed by atoms with Crippen LogP contribution in [0.1, 0.15) is 17.4 Å². The van der Waals surface area contributed by atoms with Crippen molar-refractivity contribution in [1.82, 2.24) is 4.98 Å². The zero-order valence-electron chi connectivity index (χ0n) is 15.6. The van der Waals surface area contributed by atoms with Gasteiger partial charge in [0.05, 0.1) is 12.2 Å². The lowest BCUT2D eigenvalue weighted by Crippen LogP contribution is -2.48. The summed E-state index contributed by atoms with van der Waals surface area (Å²) in [5, 5.41) is 3.21. The number of nitrogens with zero attached hydrogens (tertiary/aromatic N) is 2. The molecule has 0 radical (unpaired) electrons. The van der Waals surface area contributed by atoms with E-state index in [0.29, 0.717) is 23.0 Å². The number of ether oxygens (including phenoxy) is 1. The summed E-state index contributed by atoms with van der Waals surface area (Å²) in [6, 6.07) is 13.4. The monoisotopic (exact) mass is 411 g/mol. The fourth-order valence-electron chi connectivity index (χ4n) is 3.11.